The Morgan fingerprint density at radius 1 is 1.11 bits per heavy atom. The number of hydrogen-bond donors (Lipinski definition) is 0. The lowest BCUT2D eigenvalue weighted by Crippen LogP contribution is -2.30. The van der Waals surface area contributed by atoms with Gasteiger partial charge in [0.15, 0.2) is 5.82 Å². The highest BCUT2D eigenvalue weighted by Gasteiger charge is 2.30. The number of hydrogen-bond acceptors (Lipinski definition) is 4. The van der Waals surface area contributed by atoms with Crippen LogP contribution in [0.25, 0.3) is 11.4 Å². The van der Waals surface area contributed by atoms with Gasteiger partial charge in [-0.05, 0) is 31.2 Å². The number of alkyl halides is 3. The molecule has 140 valence electrons. The highest BCUT2D eigenvalue weighted by atomic mass is 19.4. The molecule has 3 heterocycles. The quantitative estimate of drug-likeness (QED) is 0.672. The fourth-order valence-electron chi connectivity index (χ4n) is 3.25. The molecule has 1 aliphatic rings. The Balaban J connectivity index is 1.50. The first-order chi connectivity index (χ1) is 12.9. The zero-order valence-electron chi connectivity index (χ0n) is 14.8. The summed E-state index contributed by atoms with van der Waals surface area (Å²) in [5.41, 5.74) is 1.90. The van der Waals surface area contributed by atoms with Crippen LogP contribution in [0, 0.1) is 6.92 Å². The van der Waals surface area contributed by atoms with Gasteiger partial charge in [0.25, 0.3) is 0 Å². The second-order valence-corrected chi connectivity index (χ2v) is 6.71. The topological polar surface area (TPSA) is 42.2 Å². The van der Waals surface area contributed by atoms with Crippen molar-refractivity contribution < 1.29 is 17.6 Å². The number of halogens is 3. The number of fused-ring (bicyclic) bond motifs is 1. The van der Waals surface area contributed by atoms with E-state index < -0.39 is 11.7 Å². The van der Waals surface area contributed by atoms with Crippen LogP contribution in [0.2, 0.25) is 0 Å². The van der Waals surface area contributed by atoms with Gasteiger partial charge in [0.2, 0.25) is 0 Å². The Bertz CT molecular complexity index is 948. The van der Waals surface area contributed by atoms with Gasteiger partial charge in [-0.25, -0.2) is 9.97 Å². The van der Waals surface area contributed by atoms with Gasteiger partial charge in [-0.3, -0.25) is 4.90 Å². The van der Waals surface area contributed by atoms with Crippen LogP contribution in [0.4, 0.5) is 13.2 Å². The maximum absolute atomic E-state index is 12.7. The Hall–Kier alpha value is -2.67. The number of nitrogens with zero attached hydrogens (tertiary/aromatic N) is 3. The van der Waals surface area contributed by atoms with Crippen molar-refractivity contribution >= 4 is 0 Å². The minimum absolute atomic E-state index is 0.456. The smallest absolute Gasteiger partial charge is 0.416 e. The molecule has 0 saturated heterocycles. The van der Waals surface area contributed by atoms with E-state index in [4.69, 9.17) is 4.42 Å². The largest absolute Gasteiger partial charge is 0.465 e. The average Bonchev–Trinajstić information content (AvgIpc) is 3.05. The Labute approximate surface area is 154 Å². The monoisotopic (exact) mass is 373 g/mol. The molecule has 0 bridgehead atoms. The summed E-state index contributed by atoms with van der Waals surface area (Å²) in [7, 11) is 0. The van der Waals surface area contributed by atoms with Gasteiger partial charge in [0.05, 0.1) is 17.8 Å². The lowest BCUT2D eigenvalue weighted by molar-refractivity contribution is -0.137. The van der Waals surface area contributed by atoms with Crippen molar-refractivity contribution in [1.82, 2.24) is 14.9 Å². The van der Waals surface area contributed by atoms with Crippen molar-refractivity contribution in [2.75, 3.05) is 6.54 Å². The summed E-state index contributed by atoms with van der Waals surface area (Å²) in [4.78, 5) is 11.2. The lowest BCUT2D eigenvalue weighted by Gasteiger charge is -2.27. The Morgan fingerprint density at radius 2 is 1.89 bits per heavy atom. The van der Waals surface area contributed by atoms with Gasteiger partial charge in [0, 0.05) is 36.8 Å². The van der Waals surface area contributed by atoms with Gasteiger partial charge >= 0.3 is 6.18 Å². The zero-order chi connectivity index (χ0) is 19.0. The number of aryl methyl sites for hydroxylation is 1. The molecule has 4 nitrogen and oxygen atoms in total. The molecule has 0 fully saturated rings. The third-order valence-electron chi connectivity index (χ3n) is 4.66. The highest BCUT2D eigenvalue weighted by molar-refractivity contribution is 5.56. The average molecular weight is 373 g/mol. The molecule has 0 radical (unpaired) electrons. The van der Waals surface area contributed by atoms with E-state index in [2.05, 4.69) is 14.9 Å². The molecular weight excluding hydrogens is 355 g/mol. The van der Waals surface area contributed by atoms with Gasteiger partial charge in [-0.2, -0.15) is 13.2 Å². The molecule has 7 heteroatoms. The van der Waals surface area contributed by atoms with Gasteiger partial charge in [0.1, 0.15) is 11.5 Å². The van der Waals surface area contributed by atoms with Crippen molar-refractivity contribution in [1.29, 1.82) is 0 Å². The summed E-state index contributed by atoms with van der Waals surface area (Å²) in [5, 5.41) is 0. The van der Waals surface area contributed by atoms with Crippen LogP contribution >= 0.6 is 0 Å². The molecule has 0 unspecified atom stereocenters. The molecule has 0 amide bonds. The molecule has 3 aromatic rings. The lowest BCUT2D eigenvalue weighted by atomic mass is 10.1. The van der Waals surface area contributed by atoms with E-state index in [1.54, 1.807) is 6.20 Å². The van der Waals surface area contributed by atoms with E-state index in [9.17, 15) is 13.2 Å². The number of benzene rings is 1. The highest BCUT2D eigenvalue weighted by Crippen LogP contribution is 2.30. The summed E-state index contributed by atoms with van der Waals surface area (Å²) < 4.78 is 43.7. The summed E-state index contributed by atoms with van der Waals surface area (Å²) >= 11 is 0. The fraction of sp³-hybridized carbons (Fsp3) is 0.300. The maximum Gasteiger partial charge on any atom is 0.416 e. The number of furan rings is 1. The predicted octanol–water partition coefficient (Wildman–Crippen LogP) is 4.62. The standard InChI is InChI=1S/C20H18F3N3O/c1-13-2-7-17(27-13)12-26-9-8-18-15(11-26)10-24-19(25-18)14-3-5-16(6-4-14)20(21,22)23/h2-7,10H,8-9,11-12H2,1H3. The molecule has 0 saturated carbocycles. The summed E-state index contributed by atoms with van der Waals surface area (Å²) in [6.07, 6.45) is -1.80. The molecule has 1 aromatic carbocycles. The van der Waals surface area contributed by atoms with E-state index in [-0.39, 0.29) is 0 Å². The fourth-order valence-corrected chi connectivity index (χ4v) is 3.25. The second-order valence-electron chi connectivity index (χ2n) is 6.71. The van der Waals surface area contributed by atoms with Gasteiger partial charge in [-0.1, -0.05) is 12.1 Å². The molecule has 27 heavy (non-hydrogen) atoms. The molecule has 0 spiro atoms. The van der Waals surface area contributed by atoms with E-state index in [0.29, 0.717) is 11.4 Å². The third kappa shape index (κ3) is 3.88. The van der Waals surface area contributed by atoms with E-state index in [1.165, 1.54) is 12.1 Å². The van der Waals surface area contributed by atoms with Crippen LogP contribution in [-0.2, 0) is 25.7 Å². The van der Waals surface area contributed by atoms with Crippen LogP contribution in [0.1, 0.15) is 28.3 Å². The van der Waals surface area contributed by atoms with Crippen molar-refractivity contribution in [3.8, 4) is 11.4 Å². The Kier molecular flexibility index (Phi) is 4.47. The van der Waals surface area contributed by atoms with Gasteiger partial charge < -0.3 is 4.42 Å². The van der Waals surface area contributed by atoms with Crippen molar-refractivity contribution in [3.05, 3.63) is 70.9 Å². The Morgan fingerprint density at radius 3 is 2.56 bits per heavy atom. The summed E-state index contributed by atoms with van der Waals surface area (Å²) in [6, 6.07) is 8.88. The van der Waals surface area contributed by atoms with E-state index >= 15 is 0 Å². The molecule has 4 rings (SSSR count). The van der Waals surface area contributed by atoms with Gasteiger partial charge in [-0.15, -0.1) is 0 Å². The first-order valence-corrected chi connectivity index (χ1v) is 8.68. The van der Waals surface area contributed by atoms with Crippen molar-refractivity contribution in [2.24, 2.45) is 0 Å². The van der Waals surface area contributed by atoms with Crippen molar-refractivity contribution in [3.63, 3.8) is 0 Å². The van der Waals surface area contributed by atoms with E-state index in [1.807, 2.05) is 19.1 Å². The molecular formula is C20H18F3N3O. The minimum Gasteiger partial charge on any atom is -0.465 e. The maximum atomic E-state index is 12.7. The summed E-state index contributed by atoms with van der Waals surface area (Å²) in [6.45, 7) is 4.22. The molecule has 1 aliphatic heterocycles. The van der Waals surface area contributed by atoms with Crippen LogP contribution in [-0.4, -0.2) is 21.4 Å². The molecule has 2 aromatic heterocycles. The predicted molar refractivity (Wildman–Crippen MR) is 93.7 cm³/mol. The minimum atomic E-state index is -4.34. The normalized spacial score (nSPS) is 15.0. The second kappa shape index (κ2) is 6.81. The van der Waals surface area contributed by atoms with Crippen LogP contribution < -0.4 is 0 Å². The van der Waals surface area contributed by atoms with Crippen LogP contribution in [0.3, 0.4) is 0 Å². The third-order valence-corrected chi connectivity index (χ3v) is 4.66. The molecule has 0 atom stereocenters. The number of rotatable bonds is 3. The molecule has 0 N–H and O–H groups in total. The first-order valence-electron chi connectivity index (χ1n) is 8.68. The molecule has 0 aliphatic carbocycles. The van der Waals surface area contributed by atoms with E-state index in [0.717, 1.165) is 61.0 Å². The summed E-state index contributed by atoms with van der Waals surface area (Å²) in [5.74, 6) is 2.28. The zero-order valence-corrected chi connectivity index (χ0v) is 14.8. The van der Waals surface area contributed by atoms with Crippen LogP contribution in [0.15, 0.2) is 47.0 Å². The van der Waals surface area contributed by atoms with Crippen molar-refractivity contribution in [2.45, 2.75) is 32.6 Å². The number of aromatic nitrogens is 2. The first kappa shape index (κ1) is 17.7. The van der Waals surface area contributed by atoms with Crippen LogP contribution in [0.5, 0.6) is 0 Å². The SMILES string of the molecule is Cc1ccc(CN2CCc3nc(-c4ccc(C(F)(F)F)cc4)ncc3C2)o1.